The molecule has 31 heavy (non-hydrogen) atoms. The molecule has 0 spiro atoms. The zero-order chi connectivity index (χ0) is 22.9. The van der Waals surface area contributed by atoms with E-state index >= 15 is 0 Å². The Morgan fingerprint density at radius 1 is 0.452 bits per heavy atom. The molecule has 3 fully saturated rings. The standard InChI is InChI=1S/3C10H19.Sn/c3*1-8(2)10-6-4-9(3)5-7-10;/h3*6,8-10H,4-5,7H2,1-3H3;/t3*9-,10-;/m000./s1. The predicted octanol–water partition coefficient (Wildman–Crippen LogP) is 9.87. The van der Waals surface area contributed by atoms with E-state index in [1.165, 1.54) is 31.1 Å². The van der Waals surface area contributed by atoms with Crippen LogP contribution in [-0.4, -0.2) is 19.8 Å². The van der Waals surface area contributed by atoms with Crippen LogP contribution in [0.25, 0.3) is 0 Å². The summed E-state index contributed by atoms with van der Waals surface area (Å²) in [6, 6.07) is 0. The van der Waals surface area contributed by atoms with Gasteiger partial charge in [-0.2, -0.15) is 0 Å². The summed E-state index contributed by atoms with van der Waals surface area (Å²) in [5, 5.41) is 0. The summed E-state index contributed by atoms with van der Waals surface area (Å²) in [5.41, 5.74) is 0. The van der Waals surface area contributed by atoms with Crippen molar-refractivity contribution in [3.63, 3.8) is 0 Å². The molecule has 181 valence electrons. The Morgan fingerprint density at radius 2 is 0.710 bits per heavy atom. The van der Waals surface area contributed by atoms with Gasteiger partial charge in [0.25, 0.3) is 0 Å². The molecular weight excluding hydrogens is 479 g/mol. The molecule has 1 heteroatoms. The van der Waals surface area contributed by atoms with Gasteiger partial charge in [-0.3, -0.25) is 0 Å². The molecule has 0 saturated heterocycles. The molecule has 0 amide bonds. The summed E-state index contributed by atoms with van der Waals surface area (Å²) in [7, 11) is 0. The second-order valence-electron chi connectivity index (χ2n) is 13.8. The van der Waals surface area contributed by atoms with Crippen molar-refractivity contribution in [1.82, 2.24) is 0 Å². The van der Waals surface area contributed by atoms with Crippen molar-refractivity contribution in [2.24, 2.45) is 53.3 Å². The first kappa shape index (κ1) is 26.4. The van der Waals surface area contributed by atoms with Gasteiger partial charge in [0.05, 0.1) is 0 Å². The Bertz CT molecular complexity index is 460. The van der Waals surface area contributed by atoms with Crippen molar-refractivity contribution in [3.05, 3.63) is 0 Å². The van der Waals surface area contributed by atoms with Crippen LogP contribution in [0.1, 0.15) is 120 Å². The van der Waals surface area contributed by atoms with Crippen LogP contribution in [-0.2, 0) is 0 Å². The summed E-state index contributed by atoms with van der Waals surface area (Å²) in [5.74, 6) is 8.87. The van der Waals surface area contributed by atoms with Crippen molar-refractivity contribution in [3.8, 4) is 0 Å². The van der Waals surface area contributed by atoms with Crippen molar-refractivity contribution in [2.45, 2.75) is 132 Å². The van der Waals surface area contributed by atoms with Gasteiger partial charge in [0.1, 0.15) is 0 Å². The minimum atomic E-state index is -1.73. The average Bonchev–Trinajstić information content (AvgIpc) is 2.67. The zero-order valence-electron chi connectivity index (χ0n) is 22.8. The first-order valence-corrected chi connectivity index (χ1v) is 19.4. The van der Waals surface area contributed by atoms with Crippen LogP contribution in [0.4, 0.5) is 0 Å². The molecule has 0 bridgehead atoms. The van der Waals surface area contributed by atoms with Gasteiger partial charge in [-0.05, 0) is 0 Å². The zero-order valence-corrected chi connectivity index (χ0v) is 25.6. The van der Waals surface area contributed by atoms with Crippen molar-refractivity contribution >= 4 is 19.8 Å². The van der Waals surface area contributed by atoms with Crippen LogP contribution in [0.15, 0.2) is 0 Å². The Balaban J connectivity index is 2.05. The molecule has 3 saturated carbocycles. The Kier molecular flexibility index (Phi) is 9.78. The van der Waals surface area contributed by atoms with E-state index in [2.05, 4.69) is 62.3 Å². The van der Waals surface area contributed by atoms with E-state index in [1.54, 1.807) is 38.5 Å². The summed E-state index contributed by atoms with van der Waals surface area (Å²) >= 11 is -1.73. The molecule has 9 atom stereocenters. The third kappa shape index (κ3) is 6.28. The molecule has 0 aromatic carbocycles. The van der Waals surface area contributed by atoms with E-state index in [0.717, 1.165) is 53.3 Å². The van der Waals surface area contributed by atoms with Gasteiger partial charge in [-0.25, -0.2) is 0 Å². The molecule has 1 radical (unpaired) electrons. The van der Waals surface area contributed by atoms with E-state index < -0.39 is 19.8 Å². The summed E-state index contributed by atoms with van der Waals surface area (Å²) < 4.78 is 3.54. The normalized spacial score (nSPS) is 42.7. The molecule has 3 aliphatic carbocycles. The molecule has 0 N–H and O–H groups in total. The molecule has 3 aliphatic rings. The fraction of sp³-hybridized carbons (Fsp3) is 1.00. The Morgan fingerprint density at radius 3 is 0.935 bits per heavy atom. The Hall–Kier alpha value is 0.799. The summed E-state index contributed by atoms with van der Waals surface area (Å²) in [6.07, 6.45) is 14.0. The third-order valence-electron chi connectivity index (χ3n) is 10.4. The molecule has 0 aromatic heterocycles. The van der Waals surface area contributed by atoms with Crippen LogP contribution in [0.2, 0.25) is 11.8 Å². The van der Waals surface area contributed by atoms with Gasteiger partial charge in [0, 0.05) is 0 Å². The quantitative estimate of drug-likeness (QED) is 0.297. The number of hydrogen-bond donors (Lipinski definition) is 0. The van der Waals surface area contributed by atoms with Gasteiger partial charge < -0.3 is 0 Å². The topological polar surface area (TPSA) is 0 Å². The molecule has 0 heterocycles. The summed E-state index contributed by atoms with van der Waals surface area (Å²) in [4.78, 5) is 0. The Labute approximate surface area is 204 Å². The first-order valence-electron chi connectivity index (χ1n) is 14.5. The molecule has 0 aromatic rings. The van der Waals surface area contributed by atoms with Crippen LogP contribution in [0, 0.1) is 53.3 Å². The van der Waals surface area contributed by atoms with Crippen LogP contribution < -0.4 is 0 Å². The monoisotopic (exact) mass is 537 g/mol. The van der Waals surface area contributed by atoms with Gasteiger partial charge in [0.2, 0.25) is 0 Å². The fourth-order valence-corrected chi connectivity index (χ4v) is 28.0. The fourth-order valence-electron chi connectivity index (χ4n) is 8.58. The van der Waals surface area contributed by atoms with Gasteiger partial charge in [-0.15, -0.1) is 0 Å². The van der Waals surface area contributed by atoms with Crippen LogP contribution >= 0.6 is 0 Å². The predicted molar refractivity (Wildman–Crippen MR) is 141 cm³/mol. The number of hydrogen-bond acceptors (Lipinski definition) is 0. The van der Waals surface area contributed by atoms with Crippen molar-refractivity contribution < 1.29 is 0 Å². The molecule has 0 unspecified atom stereocenters. The maximum atomic E-state index is 2.61. The van der Waals surface area contributed by atoms with Crippen molar-refractivity contribution in [2.75, 3.05) is 0 Å². The molecule has 0 nitrogen and oxygen atoms in total. The van der Waals surface area contributed by atoms with E-state index in [4.69, 9.17) is 0 Å². The van der Waals surface area contributed by atoms with Gasteiger partial charge in [-0.1, -0.05) is 0 Å². The van der Waals surface area contributed by atoms with E-state index in [9.17, 15) is 0 Å². The summed E-state index contributed by atoms with van der Waals surface area (Å²) in [6.45, 7) is 23.3. The molecular formula is C30H57Sn. The maximum absolute atomic E-state index is 2.61. The number of rotatable bonds is 6. The second-order valence-corrected chi connectivity index (χ2v) is 23.0. The van der Waals surface area contributed by atoms with E-state index in [0.29, 0.717) is 0 Å². The van der Waals surface area contributed by atoms with E-state index in [-0.39, 0.29) is 0 Å². The van der Waals surface area contributed by atoms with Gasteiger partial charge >= 0.3 is 205 Å². The van der Waals surface area contributed by atoms with Crippen LogP contribution in [0.5, 0.6) is 0 Å². The first-order chi connectivity index (χ1) is 14.6. The molecule has 0 aliphatic heterocycles. The second kappa shape index (κ2) is 11.5. The van der Waals surface area contributed by atoms with Crippen molar-refractivity contribution in [1.29, 1.82) is 0 Å². The van der Waals surface area contributed by atoms with Crippen LogP contribution in [0.3, 0.4) is 0 Å². The molecule has 3 rings (SSSR count). The van der Waals surface area contributed by atoms with E-state index in [1.807, 2.05) is 0 Å². The van der Waals surface area contributed by atoms with Gasteiger partial charge in [0.15, 0.2) is 0 Å². The third-order valence-corrected chi connectivity index (χ3v) is 23.4. The average molecular weight is 536 g/mol. The SMILES string of the molecule is CC(C)[C@@H]1CC[C@@H](C)C[C@H]1[Sn]([C@@H]1C[C@H](C)CC[C@H]1C(C)C)[C@H]1C[C@H](C)CC[C@H]1C(C)C. The minimum absolute atomic E-state index is 0.908.